The molecule has 1 atom stereocenters. The first-order valence-electron chi connectivity index (χ1n) is 10.8. The Hall–Kier alpha value is -3.55. The number of nitrogens with zero attached hydrogens (tertiary/aromatic N) is 3. The lowest BCUT2D eigenvalue weighted by Gasteiger charge is -2.32. The van der Waals surface area contributed by atoms with Gasteiger partial charge in [0.1, 0.15) is 6.54 Å². The fraction of sp³-hybridized carbons (Fsp3) is 0.375. The van der Waals surface area contributed by atoms with Crippen LogP contribution in [0.1, 0.15) is 19.8 Å². The highest BCUT2D eigenvalue weighted by atomic mass is 16.5. The topological polar surface area (TPSA) is 85.7 Å². The zero-order valence-electron chi connectivity index (χ0n) is 18.6. The molecule has 0 radical (unpaired) electrons. The molecule has 2 aromatic carbocycles. The van der Waals surface area contributed by atoms with E-state index in [1.165, 1.54) is 18.2 Å². The Bertz CT molecular complexity index is 1190. The van der Waals surface area contributed by atoms with Crippen molar-refractivity contribution in [2.75, 3.05) is 37.5 Å². The quantitative estimate of drug-likeness (QED) is 0.638. The summed E-state index contributed by atoms with van der Waals surface area (Å²) in [5.41, 5.74) is 0.267. The minimum absolute atomic E-state index is 0.186. The van der Waals surface area contributed by atoms with Crippen molar-refractivity contribution in [1.82, 2.24) is 9.78 Å². The van der Waals surface area contributed by atoms with Crippen molar-refractivity contribution < 1.29 is 14.3 Å². The summed E-state index contributed by atoms with van der Waals surface area (Å²) in [7, 11) is 3.08. The fourth-order valence-corrected chi connectivity index (χ4v) is 4.19. The van der Waals surface area contributed by atoms with Gasteiger partial charge in [0, 0.05) is 30.2 Å². The lowest BCUT2D eigenvalue weighted by atomic mass is 10.00. The average Bonchev–Trinajstić information content (AvgIpc) is 2.80. The number of methoxy groups -OCH3 is 2. The van der Waals surface area contributed by atoms with E-state index in [0.29, 0.717) is 28.5 Å². The minimum Gasteiger partial charge on any atom is -0.493 e. The zero-order valence-corrected chi connectivity index (χ0v) is 18.6. The summed E-state index contributed by atoms with van der Waals surface area (Å²) in [5, 5.41) is 8.82. The minimum atomic E-state index is -0.347. The van der Waals surface area contributed by atoms with Crippen LogP contribution < -0.4 is 25.2 Å². The first-order chi connectivity index (χ1) is 15.5. The maximum absolute atomic E-state index is 13.1. The fourth-order valence-electron chi connectivity index (χ4n) is 4.19. The molecule has 0 unspecified atom stereocenters. The Balaban J connectivity index is 1.63. The summed E-state index contributed by atoms with van der Waals surface area (Å²) >= 11 is 0. The van der Waals surface area contributed by atoms with E-state index in [-0.39, 0.29) is 18.0 Å². The van der Waals surface area contributed by atoms with E-state index in [9.17, 15) is 9.59 Å². The van der Waals surface area contributed by atoms with E-state index in [0.717, 1.165) is 30.7 Å². The molecule has 1 aliphatic rings. The van der Waals surface area contributed by atoms with Gasteiger partial charge in [0.2, 0.25) is 5.91 Å². The monoisotopic (exact) mass is 436 g/mol. The van der Waals surface area contributed by atoms with E-state index < -0.39 is 0 Å². The van der Waals surface area contributed by atoms with Crippen molar-refractivity contribution in [3.8, 4) is 11.5 Å². The predicted octanol–water partition coefficient (Wildman–Crippen LogP) is 3.29. The van der Waals surface area contributed by atoms with Gasteiger partial charge in [-0.2, -0.15) is 5.10 Å². The molecule has 168 valence electrons. The van der Waals surface area contributed by atoms with Gasteiger partial charge in [-0.1, -0.05) is 25.1 Å². The van der Waals surface area contributed by atoms with Crippen LogP contribution in [-0.4, -0.2) is 43.0 Å². The summed E-state index contributed by atoms with van der Waals surface area (Å²) in [6.45, 7) is 3.81. The van der Waals surface area contributed by atoms with E-state index >= 15 is 0 Å². The second-order valence-corrected chi connectivity index (χ2v) is 8.14. The number of rotatable bonds is 6. The Morgan fingerprint density at radius 2 is 1.88 bits per heavy atom. The number of carbonyl (C=O) groups excluding carboxylic acids is 1. The Morgan fingerprint density at radius 3 is 2.59 bits per heavy atom. The molecule has 0 aliphatic carbocycles. The van der Waals surface area contributed by atoms with Gasteiger partial charge in [-0.25, -0.2) is 4.68 Å². The van der Waals surface area contributed by atoms with Crippen LogP contribution in [0, 0.1) is 5.92 Å². The second-order valence-electron chi connectivity index (χ2n) is 8.14. The van der Waals surface area contributed by atoms with Crippen LogP contribution in [0.4, 0.5) is 11.5 Å². The van der Waals surface area contributed by atoms with Crippen LogP contribution >= 0.6 is 0 Å². The van der Waals surface area contributed by atoms with E-state index in [4.69, 9.17) is 9.47 Å². The van der Waals surface area contributed by atoms with Gasteiger partial charge in [-0.15, -0.1) is 0 Å². The molecule has 1 aliphatic heterocycles. The standard InChI is InChI=1S/C24H28N4O4/c1-16-7-6-12-27(14-16)23-18-8-4-5-9-19(18)24(30)28(26-23)15-22(29)25-17-10-11-20(31-2)21(13-17)32-3/h4-5,8-11,13,16H,6-7,12,14-15H2,1-3H3,(H,25,29)/t16-/m0/s1. The van der Waals surface area contributed by atoms with Crippen molar-refractivity contribution >= 4 is 28.2 Å². The van der Waals surface area contributed by atoms with Gasteiger partial charge in [0.25, 0.3) is 5.56 Å². The van der Waals surface area contributed by atoms with Gasteiger partial charge in [-0.3, -0.25) is 9.59 Å². The number of anilines is 2. The maximum atomic E-state index is 13.1. The number of benzene rings is 2. The molecular weight excluding hydrogens is 408 g/mol. The number of ether oxygens (including phenoxy) is 2. The molecule has 1 N–H and O–H groups in total. The SMILES string of the molecule is COc1ccc(NC(=O)Cn2nc(N3CCC[C@H](C)C3)c3ccccc3c2=O)cc1OC. The molecule has 3 aromatic rings. The summed E-state index contributed by atoms with van der Waals surface area (Å²) in [6, 6.07) is 12.6. The third kappa shape index (κ3) is 4.39. The van der Waals surface area contributed by atoms with Crippen LogP contribution in [0.25, 0.3) is 10.8 Å². The van der Waals surface area contributed by atoms with Gasteiger partial charge in [0.15, 0.2) is 17.3 Å². The predicted molar refractivity (Wildman–Crippen MR) is 125 cm³/mol. The third-order valence-corrected chi connectivity index (χ3v) is 5.77. The van der Waals surface area contributed by atoms with Crippen LogP contribution in [0.3, 0.4) is 0 Å². The Labute approximate surface area is 186 Å². The molecule has 0 bridgehead atoms. The highest BCUT2D eigenvalue weighted by Gasteiger charge is 2.22. The van der Waals surface area contributed by atoms with Crippen LogP contribution in [-0.2, 0) is 11.3 Å². The molecular formula is C24H28N4O4. The van der Waals surface area contributed by atoms with E-state index in [2.05, 4.69) is 22.2 Å². The Morgan fingerprint density at radius 1 is 1.12 bits per heavy atom. The molecule has 2 heterocycles. The molecule has 32 heavy (non-hydrogen) atoms. The maximum Gasteiger partial charge on any atom is 0.275 e. The number of hydrogen-bond donors (Lipinski definition) is 1. The molecule has 8 heteroatoms. The number of aromatic nitrogens is 2. The van der Waals surface area contributed by atoms with Crippen molar-refractivity contribution in [3.63, 3.8) is 0 Å². The second kappa shape index (κ2) is 9.30. The van der Waals surface area contributed by atoms with Crippen LogP contribution in [0.15, 0.2) is 47.3 Å². The van der Waals surface area contributed by atoms with Crippen molar-refractivity contribution in [1.29, 1.82) is 0 Å². The van der Waals surface area contributed by atoms with E-state index in [1.807, 2.05) is 18.2 Å². The first-order valence-corrected chi connectivity index (χ1v) is 10.8. The molecule has 0 spiro atoms. The Kier molecular flexibility index (Phi) is 6.30. The van der Waals surface area contributed by atoms with Crippen LogP contribution in [0.2, 0.25) is 0 Å². The summed E-state index contributed by atoms with van der Waals surface area (Å²) in [5.74, 6) is 2.04. The molecule has 1 saturated heterocycles. The first kappa shape index (κ1) is 21.7. The zero-order chi connectivity index (χ0) is 22.7. The van der Waals surface area contributed by atoms with Gasteiger partial charge in [-0.05, 0) is 37.0 Å². The van der Waals surface area contributed by atoms with Crippen molar-refractivity contribution in [2.24, 2.45) is 5.92 Å². The summed E-state index contributed by atoms with van der Waals surface area (Å²) in [4.78, 5) is 28.1. The lowest BCUT2D eigenvalue weighted by Crippen LogP contribution is -2.38. The average molecular weight is 437 g/mol. The van der Waals surface area contributed by atoms with Gasteiger partial charge in [0.05, 0.1) is 19.6 Å². The largest absolute Gasteiger partial charge is 0.493 e. The number of nitrogens with one attached hydrogen (secondary N) is 1. The number of hydrogen-bond acceptors (Lipinski definition) is 6. The highest BCUT2D eigenvalue weighted by Crippen LogP contribution is 2.30. The lowest BCUT2D eigenvalue weighted by molar-refractivity contribution is -0.117. The summed E-state index contributed by atoms with van der Waals surface area (Å²) < 4.78 is 11.8. The van der Waals surface area contributed by atoms with Crippen molar-refractivity contribution in [3.05, 3.63) is 52.8 Å². The van der Waals surface area contributed by atoms with Gasteiger partial charge < -0.3 is 19.7 Å². The third-order valence-electron chi connectivity index (χ3n) is 5.77. The smallest absolute Gasteiger partial charge is 0.275 e. The number of carbonyl (C=O) groups is 1. The van der Waals surface area contributed by atoms with E-state index in [1.54, 1.807) is 31.4 Å². The molecule has 0 saturated carbocycles. The van der Waals surface area contributed by atoms with Crippen molar-refractivity contribution in [2.45, 2.75) is 26.3 Å². The highest BCUT2D eigenvalue weighted by molar-refractivity contribution is 5.93. The van der Waals surface area contributed by atoms with Crippen LogP contribution in [0.5, 0.6) is 11.5 Å². The molecule has 1 aromatic heterocycles. The number of piperidine rings is 1. The van der Waals surface area contributed by atoms with Gasteiger partial charge >= 0.3 is 0 Å². The molecule has 8 nitrogen and oxygen atoms in total. The summed E-state index contributed by atoms with van der Waals surface area (Å²) in [6.07, 6.45) is 2.26. The number of amides is 1. The molecule has 1 fully saturated rings. The number of fused-ring (bicyclic) bond motifs is 1. The molecule has 1 amide bonds. The normalized spacial score (nSPS) is 16.1. The molecule has 4 rings (SSSR count).